The average Bonchev–Trinajstić information content (AvgIpc) is 2.90. The molecule has 0 aliphatic heterocycles. The molecule has 1 atom stereocenters. The van der Waals surface area contributed by atoms with E-state index in [1.54, 1.807) is 49.4 Å². The Hall–Kier alpha value is -3.17. The average molecular weight is 587 g/mol. The third kappa shape index (κ3) is 7.20. The summed E-state index contributed by atoms with van der Waals surface area (Å²) in [5.41, 5.74) is 2.20. The van der Waals surface area contributed by atoms with Crippen molar-refractivity contribution in [2.75, 3.05) is 17.4 Å². The normalized spacial score (nSPS) is 12.0. The second-order valence-corrected chi connectivity index (χ2v) is 11.5. The van der Waals surface area contributed by atoms with Gasteiger partial charge in [0.05, 0.1) is 10.6 Å². The molecule has 1 unspecified atom stereocenters. The van der Waals surface area contributed by atoms with E-state index in [0.717, 1.165) is 26.3 Å². The molecule has 0 heterocycles. The molecule has 3 rings (SSSR count). The van der Waals surface area contributed by atoms with Crippen LogP contribution in [-0.4, -0.2) is 44.3 Å². The predicted molar refractivity (Wildman–Crippen MR) is 150 cm³/mol. The maximum absolute atomic E-state index is 13.8. The van der Waals surface area contributed by atoms with Crippen LogP contribution in [0.3, 0.4) is 0 Å². The predicted octanol–water partition coefficient (Wildman–Crippen LogP) is 4.90. The second kappa shape index (κ2) is 12.9. The van der Waals surface area contributed by atoms with E-state index in [2.05, 4.69) is 21.2 Å². The van der Waals surface area contributed by atoms with Gasteiger partial charge in [-0.25, -0.2) is 8.42 Å². The van der Waals surface area contributed by atoms with Crippen molar-refractivity contribution in [3.8, 4) is 0 Å². The Morgan fingerprint density at radius 1 is 0.946 bits per heavy atom. The first kappa shape index (κ1) is 28.4. The molecule has 0 spiro atoms. The Morgan fingerprint density at radius 3 is 2.19 bits per heavy atom. The minimum absolute atomic E-state index is 0.0740. The molecular formula is C28H32BrN3O4S. The molecule has 196 valence electrons. The number of carbonyl (C=O) groups excluding carboxylic acids is 2. The maximum Gasteiger partial charge on any atom is 0.264 e. The molecule has 0 saturated carbocycles. The highest BCUT2D eigenvalue weighted by atomic mass is 79.9. The van der Waals surface area contributed by atoms with E-state index in [1.807, 2.05) is 38.1 Å². The van der Waals surface area contributed by atoms with Crippen molar-refractivity contribution in [3.63, 3.8) is 0 Å². The van der Waals surface area contributed by atoms with Crippen LogP contribution in [0.5, 0.6) is 0 Å². The molecule has 9 heteroatoms. The Kier molecular flexibility index (Phi) is 9.88. The second-order valence-electron chi connectivity index (χ2n) is 8.72. The number of rotatable bonds is 11. The van der Waals surface area contributed by atoms with Crippen molar-refractivity contribution < 1.29 is 18.0 Å². The standard InChI is InChI=1S/C28H32BrN3O4S/c1-4-18-30-28(34)22(3)31(19-23-11-9-8-10-21(23)2)27(33)20-32(25-16-14-24(29)15-17-25)37(35,36)26-12-6-5-7-13-26/h5-17,22H,4,18-20H2,1-3H3,(H,30,34). The molecule has 0 aromatic heterocycles. The van der Waals surface area contributed by atoms with Gasteiger partial charge in [-0.05, 0) is 67.8 Å². The summed E-state index contributed by atoms with van der Waals surface area (Å²) in [5, 5.41) is 2.85. The van der Waals surface area contributed by atoms with Crippen LogP contribution in [0.2, 0.25) is 0 Å². The molecule has 37 heavy (non-hydrogen) atoms. The van der Waals surface area contributed by atoms with Gasteiger partial charge in [0.15, 0.2) is 0 Å². The zero-order valence-electron chi connectivity index (χ0n) is 21.2. The Bertz CT molecular complexity index is 1310. The highest BCUT2D eigenvalue weighted by Crippen LogP contribution is 2.26. The fourth-order valence-electron chi connectivity index (χ4n) is 3.81. The van der Waals surface area contributed by atoms with Crippen LogP contribution in [0.4, 0.5) is 5.69 Å². The lowest BCUT2D eigenvalue weighted by atomic mass is 10.1. The Morgan fingerprint density at radius 2 is 1.57 bits per heavy atom. The number of amides is 2. The molecule has 3 aromatic carbocycles. The third-order valence-corrected chi connectivity index (χ3v) is 8.36. The summed E-state index contributed by atoms with van der Waals surface area (Å²) in [6.07, 6.45) is 0.761. The van der Waals surface area contributed by atoms with Gasteiger partial charge in [0.2, 0.25) is 11.8 Å². The Labute approximate surface area is 227 Å². The summed E-state index contributed by atoms with van der Waals surface area (Å²) >= 11 is 3.38. The van der Waals surface area contributed by atoms with E-state index >= 15 is 0 Å². The smallest absolute Gasteiger partial charge is 0.264 e. The zero-order chi connectivity index (χ0) is 27.0. The summed E-state index contributed by atoms with van der Waals surface area (Å²) in [5.74, 6) is -0.769. The van der Waals surface area contributed by atoms with E-state index < -0.39 is 28.5 Å². The van der Waals surface area contributed by atoms with E-state index in [9.17, 15) is 18.0 Å². The first-order valence-corrected chi connectivity index (χ1v) is 14.3. The fraction of sp³-hybridized carbons (Fsp3) is 0.286. The topological polar surface area (TPSA) is 86.8 Å². The van der Waals surface area contributed by atoms with Crippen molar-refractivity contribution in [2.45, 2.75) is 44.7 Å². The molecule has 0 fully saturated rings. The van der Waals surface area contributed by atoms with E-state index in [4.69, 9.17) is 0 Å². The summed E-state index contributed by atoms with van der Waals surface area (Å²) in [7, 11) is -4.07. The monoisotopic (exact) mass is 585 g/mol. The van der Waals surface area contributed by atoms with Crippen LogP contribution in [-0.2, 0) is 26.2 Å². The van der Waals surface area contributed by atoms with Gasteiger partial charge >= 0.3 is 0 Å². The molecule has 0 saturated heterocycles. The number of hydrogen-bond donors (Lipinski definition) is 1. The molecule has 0 aliphatic rings. The molecule has 3 aromatic rings. The fourth-order valence-corrected chi connectivity index (χ4v) is 5.50. The molecule has 1 N–H and O–H groups in total. The minimum atomic E-state index is -4.07. The number of benzene rings is 3. The van der Waals surface area contributed by atoms with Crippen LogP contribution in [0.1, 0.15) is 31.4 Å². The highest BCUT2D eigenvalue weighted by molar-refractivity contribution is 9.10. The number of sulfonamides is 1. The molecule has 0 bridgehead atoms. The van der Waals surface area contributed by atoms with Gasteiger partial charge in [0.1, 0.15) is 12.6 Å². The van der Waals surface area contributed by atoms with E-state index in [-0.39, 0.29) is 17.3 Å². The highest BCUT2D eigenvalue weighted by Gasteiger charge is 2.32. The number of nitrogens with one attached hydrogen (secondary N) is 1. The van der Waals surface area contributed by atoms with Crippen molar-refractivity contribution in [3.05, 3.63) is 94.5 Å². The van der Waals surface area contributed by atoms with E-state index in [1.165, 1.54) is 17.0 Å². The van der Waals surface area contributed by atoms with Gasteiger partial charge in [-0.1, -0.05) is 65.3 Å². The van der Waals surface area contributed by atoms with Gasteiger partial charge in [-0.3, -0.25) is 13.9 Å². The number of anilines is 1. The van der Waals surface area contributed by atoms with Crippen LogP contribution < -0.4 is 9.62 Å². The van der Waals surface area contributed by atoms with Crippen LogP contribution in [0.15, 0.2) is 88.2 Å². The minimum Gasteiger partial charge on any atom is -0.354 e. The molecule has 2 amide bonds. The summed E-state index contributed by atoms with van der Waals surface area (Å²) < 4.78 is 29.3. The van der Waals surface area contributed by atoms with E-state index in [0.29, 0.717) is 12.2 Å². The van der Waals surface area contributed by atoms with Gasteiger partial charge in [-0.2, -0.15) is 0 Å². The lowest BCUT2D eigenvalue weighted by Gasteiger charge is -2.32. The summed E-state index contributed by atoms with van der Waals surface area (Å²) in [6.45, 7) is 5.75. The van der Waals surface area contributed by atoms with Crippen molar-refractivity contribution in [2.24, 2.45) is 0 Å². The number of nitrogens with zero attached hydrogens (tertiary/aromatic N) is 2. The number of halogens is 1. The first-order chi connectivity index (χ1) is 17.6. The number of hydrogen-bond acceptors (Lipinski definition) is 4. The zero-order valence-corrected chi connectivity index (χ0v) is 23.6. The summed E-state index contributed by atoms with van der Waals surface area (Å²) in [6, 6.07) is 21.5. The summed E-state index contributed by atoms with van der Waals surface area (Å²) in [4.78, 5) is 28.2. The van der Waals surface area contributed by atoms with Gasteiger partial charge in [0.25, 0.3) is 10.0 Å². The molecular weight excluding hydrogens is 554 g/mol. The molecule has 0 radical (unpaired) electrons. The third-order valence-electron chi connectivity index (χ3n) is 6.04. The number of aryl methyl sites for hydroxylation is 1. The van der Waals surface area contributed by atoms with Gasteiger partial charge in [-0.15, -0.1) is 0 Å². The SMILES string of the molecule is CCCNC(=O)C(C)N(Cc1ccccc1C)C(=O)CN(c1ccc(Br)cc1)S(=O)(=O)c1ccccc1. The van der Waals surface area contributed by atoms with Crippen LogP contribution >= 0.6 is 15.9 Å². The molecule has 7 nitrogen and oxygen atoms in total. The van der Waals surface area contributed by atoms with Gasteiger partial charge in [0, 0.05) is 17.6 Å². The van der Waals surface area contributed by atoms with Crippen molar-refractivity contribution >= 4 is 43.5 Å². The lowest BCUT2D eigenvalue weighted by molar-refractivity contribution is -0.139. The van der Waals surface area contributed by atoms with Crippen LogP contribution in [0.25, 0.3) is 0 Å². The van der Waals surface area contributed by atoms with Gasteiger partial charge < -0.3 is 10.2 Å². The quantitative estimate of drug-likeness (QED) is 0.347. The largest absolute Gasteiger partial charge is 0.354 e. The van der Waals surface area contributed by atoms with Crippen LogP contribution in [0, 0.1) is 6.92 Å². The Balaban J connectivity index is 2.01. The lowest BCUT2D eigenvalue weighted by Crippen LogP contribution is -2.51. The van der Waals surface area contributed by atoms with Crippen molar-refractivity contribution in [1.29, 1.82) is 0 Å². The maximum atomic E-state index is 13.8. The van der Waals surface area contributed by atoms with Crippen molar-refractivity contribution in [1.82, 2.24) is 10.2 Å². The first-order valence-electron chi connectivity index (χ1n) is 12.1. The number of carbonyl (C=O) groups is 2. The molecule has 0 aliphatic carbocycles.